The Morgan fingerprint density at radius 1 is 1.36 bits per heavy atom. The summed E-state index contributed by atoms with van der Waals surface area (Å²) in [5.74, 6) is 0. The number of halogens is 1. The molecule has 0 N–H and O–H groups in total. The molecule has 0 aliphatic carbocycles. The molecule has 0 bridgehead atoms. The van der Waals surface area contributed by atoms with Crippen molar-refractivity contribution in [3.05, 3.63) is 11.1 Å². The van der Waals surface area contributed by atoms with Crippen molar-refractivity contribution in [1.29, 1.82) is 0 Å². The molecule has 60 valence electrons. The van der Waals surface area contributed by atoms with Crippen LogP contribution in [0.25, 0.3) is 0 Å². The monoisotopic (exact) mass is 214 g/mol. The normalized spacial score (nSPS) is 10.5. The summed E-state index contributed by atoms with van der Waals surface area (Å²) < 4.78 is 10.3. The molecule has 0 heterocycles. The molecule has 0 saturated heterocycles. The van der Waals surface area contributed by atoms with Crippen molar-refractivity contribution in [2.75, 3.05) is 13.2 Å². The van der Waals surface area contributed by atoms with Gasteiger partial charge in [-0.05, 0) is 13.8 Å². The Labute approximate surface area is 88.6 Å². The van der Waals surface area contributed by atoms with Crippen LogP contribution in [-0.4, -0.2) is 19.5 Å². The number of hydrogen-bond acceptors (Lipinski definition) is 2. The zero-order valence-corrected chi connectivity index (χ0v) is 8.85. The van der Waals surface area contributed by atoms with Crippen molar-refractivity contribution in [3.63, 3.8) is 0 Å². The number of ether oxygens (including phenoxy) is 2. The molecule has 0 aromatic carbocycles. The van der Waals surface area contributed by atoms with Crippen LogP contribution in [0.4, 0.5) is 0 Å². The minimum Gasteiger partial charge on any atom is -0.421 e. The summed E-state index contributed by atoms with van der Waals surface area (Å²) in [5.41, 5.74) is 0. The molecular formula is C7H12BrLiO2. The van der Waals surface area contributed by atoms with Gasteiger partial charge in [0.25, 0.3) is 0 Å². The summed E-state index contributed by atoms with van der Waals surface area (Å²) in [4.78, 5) is 2.67. The first-order valence-electron chi connectivity index (χ1n) is 3.27. The molecule has 0 radical (unpaired) electrons. The fourth-order valence-corrected chi connectivity index (χ4v) is 0.740. The topological polar surface area (TPSA) is 18.5 Å². The van der Waals surface area contributed by atoms with E-state index in [1.54, 1.807) is 6.08 Å². The molecule has 0 saturated carbocycles. The third kappa shape index (κ3) is 8.65. The maximum atomic E-state index is 5.15. The summed E-state index contributed by atoms with van der Waals surface area (Å²) in [5, 5.41) is 0. The molecule has 0 spiro atoms. The fraction of sp³-hybridized carbons (Fsp3) is 0.714. The van der Waals surface area contributed by atoms with E-state index in [0.29, 0.717) is 13.2 Å². The van der Waals surface area contributed by atoms with Crippen molar-refractivity contribution < 1.29 is 28.3 Å². The molecular weight excluding hydrogens is 203 g/mol. The van der Waals surface area contributed by atoms with Gasteiger partial charge in [0.15, 0.2) is 0 Å². The second-order valence-corrected chi connectivity index (χ2v) is 2.01. The quantitative estimate of drug-likeness (QED) is 0.336. The number of hydrogen-bond donors (Lipinski definition) is 0. The van der Waals surface area contributed by atoms with E-state index in [-0.39, 0.29) is 25.2 Å². The summed E-state index contributed by atoms with van der Waals surface area (Å²) in [6.45, 7) is 5.15. The Kier molecular flexibility index (Phi) is 13.9. The second kappa shape index (κ2) is 10.7. The molecule has 0 aromatic heterocycles. The number of rotatable bonds is 5. The second-order valence-electron chi connectivity index (χ2n) is 1.55. The average Bonchev–Trinajstić information content (AvgIpc) is 1.90. The third-order valence-corrected chi connectivity index (χ3v) is 1.13. The minimum atomic E-state index is -0.255. The van der Waals surface area contributed by atoms with E-state index in [2.05, 4.69) is 20.9 Å². The van der Waals surface area contributed by atoms with Crippen molar-refractivity contribution >= 4 is 15.9 Å². The van der Waals surface area contributed by atoms with Gasteiger partial charge < -0.3 is 30.4 Å². The summed E-state index contributed by atoms with van der Waals surface area (Å²) in [6.07, 6.45) is 1.43. The van der Waals surface area contributed by atoms with Gasteiger partial charge in [0, 0.05) is 13.2 Å². The summed E-state index contributed by atoms with van der Waals surface area (Å²) >= 11 is 3.02. The maximum absolute atomic E-state index is 5.15. The van der Waals surface area contributed by atoms with Gasteiger partial charge in [-0.3, -0.25) is 0 Å². The first-order valence-corrected chi connectivity index (χ1v) is 4.07. The van der Waals surface area contributed by atoms with Gasteiger partial charge in [0.1, 0.15) is 6.29 Å². The Balaban J connectivity index is 0. The molecule has 0 fully saturated rings. The molecule has 0 rings (SSSR count). The van der Waals surface area contributed by atoms with Gasteiger partial charge in [-0.15, -0.1) is 0 Å². The molecule has 0 aromatic rings. The fourth-order valence-electron chi connectivity index (χ4n) is 0.524. The predicted octanol–water partition coefficient (Wildman–Crippen LogP) is -0.899. The standard InChI is InChI=1S/C7H12BrO2.Li/c1-3-9-7(5-6-8)10-4-2;/h5,7H,3-4H2,1-2H3;/q-1;+1. The third-order valence-electron chi connectivity index (χ3n) is 0.861. The van der Waals surface area contributed by atoms with Crippen LogP contribution in [0.2, 0.25) is 0 Å². The molecule has 0 unspecified atom stereocenters. The van der Waals surface area contributed by atoms with Crippen LogP contribution in [0.3, 0.4) is 0 Å². The van der Waals surface area contributed by atoms with Gasteiger partial charge in [0.2, 0.25) is 0 Å². The van der Waals surface area contributed by atoms with Crippen LogP contribution in [0.5, 0.6) is 0 Å². The Morgan fingerprint density at radius 3 is 2.09 bits per heavy atom. The van der Waals surface area contributed by atoms with Crippen molar-refractivity contribution in [3.8, 4) is 0 Å². The van der Waals surface area contributed by atoms with Crippen LogP contribution in [0, 0.1) is 4.99 Å². The van der Waals surface area contributed by atoms with Gasteiger partial charge in [-0.25, -0.2) is 6.08 Å². The van der Waals surface area contributed by atoms with E-state index in [1.807, 2.05) is 13.8 Å². The van der Waals surface area contributed by atoms with E-state index in [4.69, 9.17) is 9.47 Å². The molecule has 0 aliphatic rings. The average molecular weight is 215 g/mol. The first-order chi connectivity index (χ1) is 4.85. The van der Waals surface area contributed by atoms with E-state index in [9.17, 15) is 0 Å². The van der Waals surface area contributed by atoms with Crippen LogP contribution in [0.15, 0.2) is 6.08 Å². The molecule has 2 nitrogen and oxygen atoms in total. The van der Waals surface area contributed by atoms with E-state index < -0.39 is 0 Å². The largest absolute Gasteiger partial charge is 1.00 e. The zero-order valence-electron chi connectivity index (χ0n) is 7.26. The van der Waals surface area contributed by atoms with E-state index >= 15 is 0 Å². The zero-order chi connectivity index (χ0) is 7.82. The van der Waals surface area contributed by atoms with E-state index in [0.717, 1.165) is 0 Å². The van der Waals surface area contributed by atoms with Gasteiger partial charge in [0.05, 0.1) is 0 Å². The summed E-state index contributed by atoms with van der Waals surface area (Å²) in [7, 11) is 0. The van der Waals surface area contributed by atoms with E-state index in [1.165, 1.54) is 0 Å². The van der Waals surface area contributed by atoms with Crippen LogP contribution in [0.1, 0.15) is 13.8 Å². The maximum Gasteiger partial charge on any atom is 1.00 e. The molecule has 0 aliphatic heterocycles. The molecule has 0 atom stereocenters. The smallest absolute Gasteiger partial charge is 0.421 e. The minimum absolute atomic E-state index is 0. The van der Waals surface area contributed by atoms with Gasteiger partial charge in [-0.2, -0.15) is 0 Å². The Morgan fingerprint density at radius 2 is 1.82 bits per heavy atom. The van der Waals surface area contributed by atoms with Crippen LogP contribution < -0.4 is 18.9 Å². The van der Waals surface area contributed by atoms with Crippen LogP contribution in [-0.2, 0) is 9.47 Å². The van der Waals surface area contributed by atoms with Crippen LogP contribution >= 0.6 is 15.9 Å². The summed E-state index contributed by atoms with van der Waals surface area (Å²) in [6, 6.07) is 0. The Hall–Kier alpha value is 0.737. The molecule has 0 amide bonds. The predicted molar refractivity (Wildman–Crippen MR) is 43.8 cm³/mol. The Bertz CT molecular complexity index is 92.4. The first kappa shape index (κ1) is 14.3. The van der Waals surface area contributed by atoms with Gasteiger partial charge in [-0.1, -0.05) is 0 Å². The van der Waals surface area contributed by atoms with Crippen molar-refractivity contribution in [2.45, 2.75) is 20.1 Å². The van der Waals surface area contributed by atoms with Crippen molar-refractivity contribution in [2.24, 2.45) is 0 Å². The molecule has 4 heteroatoms. The van der Waals surface area contributed by atoms with Crippen molar-refractivity contribution in [1.82, 2.24) is 0 Å². The molecule has 11 heavy (non-hydrogen) atoms. The van der Waals surface area contributed by atoms with Gasteiger partial charge >= 0.3 is 18.9 Å². The SMILES string of the molecule is CCOC(C=[C-]Br)OCC.[Li+].